The van der Waals surface area contributed by atoms with E-state index in [0.29, 0.717) is 12.3 Å². The van der Waals surface area contributed by atoms with E-state index in [9.17, 15) is 14.7 Å². The molecule has 0 fully saturated rings. The van der Waals surface area contributed by atoms with Crippen molar-refractivity contribution in [3.05, 3.63) is 52.8 Å². The van der Waals surface area contributed by atoms with Crippen LogP contribution in [0.15, 0.2) is 30.5 Å². The van der Waals surface area contributed by atoms with Crippen molar-refractivity contribution in [2.24, 2.45) is 7.05 Å². The number of carboxylic acid groups (broad SMARTS) is 1. The fourth-order valence-corrected chi connectivity index (χ4v) is 2.80. The van der Waals surface area contributed by atoms with Gasteiger partial charge in [0, 0.05) is 7.05 Å². The number of nitrogens with zero attached hydrogens (tertiary/aromatic N) is 2. The number of rotatable bonds is 7. The van der Waals surface area contributed by atoms with Crippen molar-refractivity contribution in [1.82, 2.24) is 15.1 Å². The number of hydrogen-bond donors (Lipinski definition) is 2. The molecule has 1 aromatic carbocycles. The smallest absolute Gasteiger partial charge is 0.339 e. The van der Waals surface area contributed by atoms with Crippen molar-refractivity contribution in [2.75, 3.05) is 0 Å². The third kappa shape index (κ3) is 4.07. The molecular formula is C19H25N3O3. The predicted molar refractivity (Wildman–Crippen MR) is 95.8 cm³/mol. The van der Waals surface area contributed by atoms with E-state index < -0.39 is 11.9 Å². The molecule has 0 aliphatic carbocycles. The first-order valence-corrected chi connectivity index (χ1v) is 8.55. The lowest BCUT2D eigenvalue weighted by atomic mass is 9.95. The molecule has 0 spiro atoms. The first kappa shape index (κ1) is 18.7. The molecule has 0 radical (unpaired) electrons. The van der Waals surface area contributed by atoms with Crippen molar-refractivity contribution in [3.63, 3.8) is 0 Å². The number of hydrogen-bond acceptors (Lipinski definition) is 3. The van der Waals surface area contributed by atoms with Gasteiger partial charge in [-0.1, -0.05) is 45.0 Å². The summed E-state index contributed by atoms with van der Waals surface area (Å²) in [6.45, 7) is 6.32. The lowest BCUT2D eigenvalue weighted by molar-refractivity contribution is 0.0690. The van der Waals surface area contributed by atoms with Gasteiger partial charge in [0.1, 0.15) is 11.3 Å². The number of carbonyl (C=O) groups excluding carboxylic acids is 1. The molecule has 6 heteroatoms. The second kappa shape index (κ2) is 7.96. The quantitative estimate of drug-likeness (QED) is 0.806. The molecule has 0 aliphatic rings. The normalized spacial score (nSPS) is 13.3. The van der Waals surface area contributed by atoms with Gasteiger partial charge in [0.05, 0.1) is 12.2 Å². The van der Waals surface area contributed by atoms with E-state index in [0.717, 1.165) is 12.0 Å². The molecule has 134 valence electrons. The molecular weight excluding hydrogens is 318 g/mol. The van der Waals surface area contributed by atoms with Gasteiger partial charge >= 0.3 is 5.97 Å². The maximum Gasteiger partial charge on any atom is 0.339 e. The molecule has 6 nitrogen and oxygen atoms in total. The highest BCUT2D eigenvalue weighted by atomic mass is 16.4. The molecule has 25 heavy (non-hydrogen) atoms. The first-order chi connectivity index (χ1) is 11.9. The molecule has 0 saturated carbocycles. The second-order valence-corrected chi connectivity index (χ2v) is 6.25. The Hall–Kier alpha value is -2.63. The van der Waals surface area contributed by atoms with Crippen LogP contribution in [0.2, 0.25) is 0 Å². The summed E-state index contributed by atoms with van der Waals surface area (Å²) in [5.74, 6) is -1.10. The summed E-state index contributed by atoms with van der Waals surface area (Å²) in [7, 11) is 1.56. The largest absolute Gasteiger partial charge is 0.478 e. The lowest BCUT2D eigenvalue weighted by Crippen LogP contribution is -2.31. The average Bonchev–Trinajstić information content (AvgIpc) is 3.01. The highest BCUT2D eigenvalue weighted by Crippen LogP contribution is 2.23. The minimum Gasteiger partial charge on any atom is -0.478 e. The van der Waals surface area contributed by atoms with Crippen LogP contribution >= 0.6 is 0 Å². The van der Waals surface area contributed by atoms with Gasteiger partial charge in [-0.3, -0.25) is 9.48 Å². The number of aromatic nitrogens is 2. The summed E-state index contributed by atoms with van der Waals surface area (Å²) in [5.41, 5.74) is 2.23. The Kier molecular flexibility index (Phi) is 5.96. The molecule has 2 atom stereocenters. The molecule has 2 rings (SSSR count). The van der Waals surface area contributed by atoms with Gasteiger partial charge < -0.3 is 10.4 Å². The van der Waals surface area contributed by atoms with Crippen LogP contribution in [0.4, 0.5) is 0 Å². The zero-order valence-corrected chi connectivity index (χ0v) is 15.1. The Balaban J connectivity index is 2.21. The number of aromatic carboxylic acids is 1. The van der Waals surface area contributed by atoms with E-state index in [-0.39, 0.29) is 17.3 Å². The first-order valence-electron chi connectivity index (χ1n) is 8.55. The molecule has 0 unspecified atom stereocenters. The van der Waals surface area contributed by atoms with Crippen LogP contribution in [-0.4, -0.2) is 26.8 Å². The summed E-state index contributed by atoms with van der Waals surface area (Å²) < 4.78 is 1.29. The number of carboxylic acids is 1. The monoisotopic (exact) mass is 343 g/mol. The highest BCUT2D eigenvalue weighted by Gasteiger charge is 2.23. The van der Waals surface area contributed by atoms with Crippen LogP contribution in [0, 0.1) is 0 Å². The van der Waals surface area contributed by atoms with Crippen molar-refractivity contribution < 1.29 is 14.7 Å². The second-order valence-electron chi connectivity index (χ2n) is 6.25. The van der Waals surface area contributed by atoms with Crippen molar-refractivity contribution in [2.45, 2.75) is 45.6 Å². The lowest BCUT2D eigenvalue weighted by Gasteiger charge is -2.19. The summed E-state index contributed by atoms with van der Waals surface area (Å²) in [5, 5.41) is 16.0. The minimum atomic E-state index is -1.16. The maximum absolute atomic E-state index is 12.6. The number of aryl methyl sites for hydroxylation is 1. The standard InChI is InChI=1S/C19H25N3O3/c1-5-12(3)13-7-9-14(10-8-13)16(6-2)21-18(23)17-15(19(24)25)11-20-22(17)4/h7-12,16H,5-6H2,1-4H3,(H,21,23)(H,24,25)/t12-,16-/m1/s1. The zero-order chi connectivity index (χ0) is 18.6. The third-order valence-electron chi connectivity index (χ3n) is 4.62. The van der Waals surface area contributed by atoms with Crippen molar-refractivity contribution >= 4 is 11.9 Å². The predicted octanol–water partition coefficient (Wildman–Crippen LogP) is 3.51. The molecule has 2 aromatic rings. The summed E-state index contributed by atoms with van der Waals surface area (Å²) in [6, 6.07) is 8.04. The third-order valence-corrected chi connectivity index (χ3v) is 4.62. The van der Waals surface area contributed by atoms with Gasteiger partial charge in [0.15, 0.2) is 0 Å². The molecule has 2 N–H and O–H groups in total. The Morgan fingerprint density at radius 3 is 2.28 bits per heavy atom. The Morgan fingerprint density at radius 1 is 1.16 bits per heavy atom. The van der Waals surface area contributed by atoms with Crippen LogP contribution in [0.3, 0.4) is 0 Å². The maximum atomic E-state index is 12.6. The van der Waals surface area contributed by atoms with Gasteiger partial charge in [-0.05, 0) is 29.9 Å². The number of amides is 1. The molecule has 1 heterocycles. The Morgan fingerprint density at radius 2 is 1.76 bits per heavy atom. The number of nitrogens with one attached hydrogen (secondary N) is 1. The summed E-state index contributed by atoms with van der Waals surface area (Å²) in [6.07, 6.45) is 2.97. The average molecular weight is 343 g/mol. The zero-order valence-electron chi connectivity index (χ0n) is 15.1. The van der Waals surface area contributed by atoms with E-state index in [4.69, 9.17) is 0 Å². The topological polar surface area (TPSA) is 84.2 Å². The van der Waals surface area contributed by atoms with Gasteiger partial charge in [-0.25, -0.2) is 4.79 Å². The van der Waals surface area contributed by atoms with E-state index in [2.05, 4.69) is 36.4 Å². The molecule has 0 saturated heterocycles. The van der Waals surface area contributed by atoms with Crippen LogP contribution in [-0.2, 0) is 7.05 Å². The number of carbonyl (C=O) groups is 2. The fraction of sp³-hybridized carbons (Fsp3) is 0.421. The molecule has 1 aromatic heterocycles. The van der Waals surface area contributed by atoms with Crippen LogP contribution in [0.25, 0.3) is 0 Å². The highest BCUT2D eigenvalue weighted by molar-refractivity contribution is 6.03. The van der Waals surface area contributed by atoms with Gasteiger partial charge in [0.2, 0.25) is 0 Å². The molecule has 0 aliphatic heterocycles. The summed E-state index contributed by atoms with van der Waals surface area (Å²) >= 11 is 0. The van der Waals surface area contributed by atoms with Gasteiger partial charge in [0.25, 0.3) is 5.91 Å². The molecule has 0 bridgehead atoms. The SMILES string of the molecule is CC[C@@H](C)c1ccc([C@@H](CC)NC(=O)c2c(C(=O)O)cnn2C)cc1. The van der Waals surface area contributed by atoms with Gasteiger partial charge in [-0.15, -0.1) is 0 Å². The Bertz CT molecular complexity index is 750. The summed E-state index contributed by atoms with van der Waals surface area (Å²) in [4.78, 5) is 23.8. The van der Waals surface area contributed by atoms with E-state index >= 15 is 0 Å². The van der Waals surface area contributed by atoms with E-state index in [1.54, 1.807) is 7.05 Å². The number of benzene rings is 1. The Labute approximate surface area is 147 Å². The van der Waals surface area contributed by atoms with Crippen molar-refractivity contribution in [3.8, 4) is 0 Å². The fourth-order valence-electron chi connectivity index (χ4n) is 2.80. The molecule has 1 amide bonds. The van der Waals surface area contributed by atoms with Crippen LogP contribution < -0.4 is 5.32 Å². The minimum absolute atomic E-state index is 0.0576. The van der Waals surface area contributed by atoms with Gasteiger partial charge in [-0.2, -0.15) is 5.10 Å². The van der Waals surface area contributed by atoms with E-state index in [1.807, 2.05) is 19.1 Å². The van der Waals surface area contributed by atoms with Crippen LogP contribution in [0.5, 0.6) is 0 Å². The van der Waals surface area contributed by atoms with E-state index in [1.165, 1.54) is 16.4 Å². The van der Waals surface area contributed by atoms with Crippen LogP contribution in [0.1, 0.15) is 77.5 Å². The van der Waals surface area contributed by atoms with Crippen molar-refractivity contribution in [1.29, 1.82) is 0 Å².